The van der Waals surface area contributed by atoms with E-state index < -0.39 is 5.92 Å². The first-order valence-corrected chi connectivity index (χ1v) is 9.65. The molecule has 1 atom stereocenters. The van der Waals surface area contributed by atoms with Gasteiger partial charge in [-0.15, -0.1) is 11.3 Å². The minimum atomic E-state index is -0.794. The molecule has 4 nitrogen and oxygen atoms in total. The lowest BCUT2D eigenvalue weighted by molar-refractivity contribution is -0.119. The number of thiazole rings is 1. The van der Waals surface area contributed by atoms with Crippen LogP contribution in [0.5, 0.6) is 5.75 Å². The highest BCUT2D eigenvalue weighted by Crippen LogP contribution is 2.29. The van der Waals surface area contributed by atoms with Gasteiger partial charge < -0.3 is 4.74 Å². The van der Waals surface area contributed by atoms with E-state index in [4.69, 9.17) is 4.74 Å². The van der Waals surface area contributed by atoms with E-state index in [2.05, 4.69) is 11.1 Å². The predicted octanol–water partition coefficient (Wildman–Crippen LogP) is 5.02. The monoisotopic (exact) mass is 376 g/mol. The molecule has 0 aliphatic rings. The molecule has 3 aromatic rings. The van der Waals surface area contributed by atoms with Crippen molar-refractivity contribution in [2.24, 2.45) is 0 Å². The molecule has 5 heteroatoms. The lowest BCUT2D eigenvalue weighted by Gasteiger charge is -2.05. The summed E-state index contributed by atoms with van der Waals surface area (Å²) in [5.41, 5.74) is 2.91. The number of carbonyl (C=O) groups is 1. The molecule has 1 unspecified atom stereocenters. The number of aryl methyl sites for hydroxylation is 1. The third kappa shape index (κ3) is 4.81. The Kier molecular flexibility index (Phi) is 6.35. The second-order valence-corrected chi connectivity index (χ2v) is 7.06. The Bertz CT molecular complexity index is 927. The molecule has 1 aromatic heterocycles. The van der Waals surface area contributed by atoms with Gasteiger partial charge in [-0.1, -0.05) is 30.3 Å². The van der Waals surface area contributed by atoms with Gasteiger partial charge in [-0.3, -0.25) is 4.79 Å². The van der Waals surface area contributed by atoms with Gasteiger partial charge in [0.2, 0.25) is 0 Å². The number of Topliss-reactive ketones (excluding diaryl/α,β-unsaturated/α-hetero) is 1. The van der Waals surface area contributed by atoms with Gasteiger partial charge in [0, 0.05) is 17.4 Å². The highest BCUT2D eigenvalue weighted by atomic mass is 32.1. The second kappa shape index (κ2) is 9.11. The van der Waals surface area contributed by atoms with Crippen LogP contribution in [0.25, 0.3) is 11.3 Å². The third-order valence-corrected chi connectivity index (χ3v) is 5.25. The van der Waals surface area contributed by atoms with Crippen molar-refractivity contribution in [2.45, 2.75) is 25.2 Å². The minimum Gasteiger partial charge on any atom is -0.497 e. The van der Waals surface area contributed by atoms with Gasteiger partial charge >= 0.3 is 0 Å². The van der Waals surface area contributed by atoms with E-state index in [1.165, 1.54) is 16.9 Å². The maximum atomic E-state index is 12.5. The molecule has 1 heterocycles. The van der Waals surface area contributed by atoms with Crippen molar-refractivity contribution in [1.29, 1.82) is 5.26 Å². The van der Waals surface area contributed by atoms with Crippen LogP contribution in [0.15, 0.2) is 60.0 Å². The molecule has 0 bridgehead atoms. The van der Waals surface area contributed by atoms with Crippen LogP contribution in [0, 0.1) is 11.3 Å². The first kappa shape index (κ1) is 18.8. The molecule has 136 valence electrons. The summed E-state index contributed by atoms with van der Waals surface area (Å²) in [6.07, 6.45) is 1.95. The van der Waals surface area contributed by atoms with Crippen LogP contribution in [-0.4, -0.2) is 17.9 Å². The number of nitriles is 1. The van der Waals surface area contributed by atoms with E-state index >= 15 is 0 Å². The molecular formula is C22H20N2O2S. The van der Waals surface area contributed by atoms with Crippen molar-refractivity contribution < 1.29 is 9.53 Å². The molecular weight excluding hydrogens is 356 g/mol. The highest BCUT2D eigenvalue weighted by Gasteiger charge is 2.23. The summed E-state index contributed by atoms with van der Waals surface area (Å²) in [4.78, 5) is 17.1. The van der Waals surface area contributed by atoms with Crippen LogP contribution < -0.4 is 4.74 Å². The van der Waals surface area contributed by atoms with E-state index in [1.807, 2.05) is 60.0 Å². The molecule has 0 radical (unpaired) electrons. The summed E-state index contributed by atoms with van der Waals surface area (Å²) in [5, 5.41) is 11.9. The molecule has 2 aromatic carbocycles. The molecule has 0 saturated heterocycles. The van der Waals surface area contributed by atoms with Crippen LogP contribution >= 0.6 is 11.3 Å². The van der Waals surface area contributed by atoms with E-state index in [1.54, 1.807) is 7.11 Å². The molecule has 0 spiro atoms. The number of ketones is 1. The maximum absolute atomic E-state index is 12.5. The van der Waals surface area contributed by atoms with Gasteiger partial charge in [0.25, 0.3) is 0 Å². The van der Waals surface area contributed by atoms with Crippen molar-refractivity contribution in [3.8, 4) is 23.1 Å². The second-order valence-electron chi connectivity index (χ2n) is 6.17. The Morgan fingerprint density at radius 2 is 1.93 bits per heavy atom. The fourth-order valence-electron chi connectivity index (χ4n) is 2.84. The van der Waals surface area contributed by atoms with Crippen molar-refractivity contribution in [2.75, 3.05) is 7.11 Å². The zero-order chi connectivity index (χ0) is 19.1. The van der Waals surface area contributed by atoms with Crippen LogP contribution in [0.4, 0.5) is 0 Å². The Hall–Kier alpha value is -2.97. The Morgan fingerprint density at radius 3 is 2.59 bits per heavy atom. The van der Waals surface area contributed by atoms with E-state index in [0.717, 1.165) is 29.8 Å². The summed E-state index contributed by atoms with van der Waals surface area (Å²) < 4.78 is 5.16. The van der Waals surface area contributed by atoms with Crippen molar-refractivity contribution >= 4 is 17.1 Å². The quantitative estimate of drug-likeness (QED) is 0.554. The SMILES string of the molecule is COc1ccc(-c2csc(C(C#N)C(=O)CCCc3ccccc3)n2)cc1. The van der Waals surface area contributed by atoms with E-state index in [9.17, 15) is 10.1 Å². The van der Waals surface area contributed by atoms with Gasteiger partial charge in [0.1, 0.15) is 10.8 Å². The van der Waals surface area contributed by atoms with E-state index in [0.29, 0.717) is 11.4 Å². The summed E-state index contributed by atoms with van der Waals surface area (Å²) in [6, 6.07) is 19.8. The lowest BCUT2D eigenvalue weighted by atomic mass is 9.99. The Labute approximate surface area is 163 Å². The summed E-state index contributed by atoms with van der Waals surface area (Å²) >= 11 is 1.36. The van der Waals surface area contributed by atoms with Crippen molar-refractivity contribution in [3.05, 3.63) is 70.5 Å². The highest BCUT2D eigenvalue weighted by molar-refractivity contribution is 7.10. The maximum Gasteiger partial charge on any atom is 0.156 e. The van der Waals surface area contributed by atoms with Gasteiger partial charge in [0.05, 0.1) is 18.9 Å². The Morgan fingerprint density at radius 1 is 1.19 bits per heavy atom. The standard InChI is InChI=1S/C22H20N2O2S/c1-26-18-12-10-17(11-13-18)20-15-27-22(24-20)19(14-23)21(25)9-5-8-16-6-3-2-4-7-16/h2-4,6-7,10-13,15,19H,5,8-9H2,1H3. The molecule has 0 amide bonds. The molecule has 27 heavy (non-hydrogen) atoms. The molecule has 3 rings (SSSR count). The normalized spacial score (nSPS) is 11.6. The first-order chi connectivity index (χ1) is 13.2. The number of ether oxygens (including phenoxy) is 1. The first-order valence-electron chi connectivity index (χ1n) is 8.77. The van der Waals surface area contributed by atoms with Gasteiger partial charge in [0.15, 0.2) is 11.7 Å². The zero-order valence-corrected chi connectivity index (χ0v) is 15.9. The topological polar surface area (TPSA) is 63.0 Å². The van der Waals surface area contributed by atoms with Crippen molar-refractivity contribution in [1.82, 2.24) is 4.98 Å². The summed E-state index contributed by atoms with van der Waals surface area (Å²) in [7, 11) is 1.62. The average Bonchev–Trinajstić information content (AvgIpc) is 3.19. The van der Waals surface area contributed by atoms with Crippen LogP contribution in [0.1, 0.15) is 29.3 Å². The number of hydrogen-bond donors (Lipinski definition) is 0. The van der Waals surface area contributed by atoms with Gasteiger partial charge in [-0.05, 0) is 42.7 Å². The molecule has 0 saturated carbocycles. The number of hydrogen-bond acceptors (Lipinski definition) is 5. The smallest absolute Gasteiger partial charge is 0.156 e. The van der Waals surface area contributed by atoms with Crippen LogP contribution in [0.2, 0.25) is 0 Å². The number of aromatic nitrogens is 1. The van der Waals surface area contributed by atoms with Gasteiger partial charge in [-0.2, -0.15) is 5.26 Å². The number of rotatable bonds is 8. The number of nitrogens with zero attached hydrogens (tertiary/aromatic N) is 2. The lowest BCUT2D eigenvalue weighted by Crippen LogP contribution is -2.10. The van der Waals surface area contributed by atoms with Crippen LogP contribution in [0.3, 0.4) is 0 Å². The fraction of sp³-hybridized carbons (Fsp3) is 0.227. The Balaban J connectivity index is 1.63. The fourth-order valence-corrected chi connectivity index (χ4v) is 3.73. The molecule has 0 N–H and O–H groups in total. The predicted molar refractivity (Wildman–Crippen MR) is 107 cm³/mol. The summed E-state index contributed by atoms with van der Waals surface area (Å²) in [5.74, 6) is -0.0838. The average molecular weight is 376 g/mol. The molecule has 0 fully saturated rings. The van der Waals surface area contributed by atoms with E-state index in [-0.39, 0.29) is 5.78 Å². The number of methoxy groups -OCH3 is 1. The zero-order valence-electron chi connectivity index (χ0n) is 15.1. The minimum absolute atomic E-state index is 0.0657. The largest absolute Gasteiger partial charge is 0.497 e. The number of carbonyl (C=O) groups excluding carboxylic acids is 1. The molecule has 0 aliphatic carbocycles. The third-order valence-electron chi connectivity index (χ3n) is 4.34. The van der Waals surface area contributed by atoms with Crippen LogP contribution in [-0.2, 0) is 11.2 Å². The number of benzene rings is 2. The van der Waals surface area contributed by atoms with Crippen molar-refractivity contribution in [3.63, 3.8) is 0 Å². The molecule has 0 aliphatic heterocycles. The summed E-state index contributed by atoms with van der Waals surface area (Å²) in [6.45, 7) is 0. The van der Waals surface area contributed by atoms with Gasteiger partial charge in [-0.25, -0.2) is 4.98 Å².